The smallest absolute Gasteiger partial charge is 0.0701 e. The van der Waals surface area contributed by atoms with Crippen LogP contribution in [0.3, 0.4) is 0 Å². The first kappa shape index (κ1) is 8.52. The molecule has 0 fully saturated rings. The average Bonchev–Trinajstić information content (AvgIpc) is 2.05. The molecule has 2 heteroatoms. The summed E-state index contributed by atoms with van der Waals surface area (Å²) in [6.45, 7) is 0. The van der Waals surface area contributed by atoms with Crippen LogP contribution in [0.1, 0.15) is 0 Å². The van der Waals surface area contributed by atoms with Gasteiger partial charge in [0.25, 0.3) is 0 Å². The zero-order valence-corrected chi connectivity index (χ0v) is 8.84. The largest absolute Gasteiger partial charge is 0.256 e. The van der Waals surface area contributed by atoms with E-state index in [4.69, 9.17) is 0 Å². The molecule has 0 saturated carbocycles. The molecular weight excluding hydrogens is 241 g/mol. The second-order valence-corrected chi connectivity index (χ2v) is 2.20. The van der Waals surface area contributed by atoms with Gasteiger partial charge in [0.15, 0.2) is 0 Å². The maximum atomic E-state index is 4.18. The van der Waals surface area contributed by atoms with Crippen LogP contribution in [0.5, 0.6) is 0 Å². The Hall–Kier alpha value is -0.571. The number of para-hydroxylation sites is 1. The van der Waals surface area contributed by atoms with E-state index < -0.39 is 0 Å². The van der Waals surface area contributed by atoms with Gasteiger partial charge in [-0.25, -0.2) is 0 Å². The molecule has 1 heterocycles. The van der Waals surface area contributed by atoms with Crippen molar-refractivity contribution in [3.8, 4) is 0 Å². The Balaban J connectivity index is 0.000000605. The van der Waals surface area contributed by atoms with Crippen molar-refractivity contribution in [2.24, 2.45) is 0 Å². The topological polar surface area (TPSA) is 12.9 Å². The molecule has 52 valence electrons. The number of pyridine rings is 1. The van der Waals surface area contributed by atoms with Crippen molar-refractivity contribution in [2.75, 3.05) is 0 Å². The fourth-order valence-corrected chi connectivity index (χ4v) is 1.02. The molecule has 0 saturated heterocycles. The number of hydrogen-bond donors (Lipinski definition) is 0. The van der Waals surface area contributed by atoms with Gasteiger partial charge in [-0.1, -0.05) is 24.3 Å². The Kier molecular flexibility index (Phi) is 2.88. The van der Waals surface area contributed by atoms with Crippen molar-refractivity contribution in [2.45, 2.75) is 0 Å². The third-order valence-electron chi connectivity index (χ3n) is 1.51. The predicted octanol–water partition coefficient (Wildman–Crippen LogP) is 1.85. The van der Waals surface area contributed by atoms with Gasteiger partial charge in [-0.05, 0) is 12.1 Å². The minimum atomic E-state index is 0. The van der Waals surface area contributed by atoms with Gasteiger partial charge in [-0.3, -0.25) is 4.98 Å². The molecule has 1 aromatic carbocycles. The summed E-state index contributed by atoms with van der Waals surface area (Å²) >= 11 is 0. The maximum absolute atomic E-state index is 4.18. The third-order valence-corrected chi connectivity index (χ3v) is 1.51. The van der Waals surface area contributed by atoms with Gasteiger partial charge in [0.1, 0.15) is 0 Å². The zero-order chi connectivity index (χ0) is 6.81. The Morgan fingerprint density at radius 1 is 0.909 bits per heavy atom. The van der Waals surface area contributed by atoms with Crippen LogP contribution in [0.2, 0.25) is 0 Å². The minimum Gasteiger partial charge on any atom is -0.256 e. The molecule has 0 amide bonds. The summed E-state index contributed by atoms with van der Waals surface area (Å²) < 4.78 is 0. The number of benzene rings is 1. The molecule has 0 spiro atoms. The molecule has 0 bridgehead atoms. The van der Waals surface area contributed by atoms with Crippen LogP contribution in [0, 0.1) is 0 Å². The average molecular weight is 248 g/mol. The standard InChI is InChI=1S/C9H7N.Sn/c1-2-6-9-8(4-1)5-3-7-10-9;/h1-7H;. The summed E-state index contributed by atoms with van der Waals surface area (Å²) in [6, 6.07) is 12.1. The molecule has 0 aliphatic rings. The summed E-state index contributed by atoms with van der Waals surface area (Å²) in [6.07, 6.45) is 1.81. The first-order chi connectivity index (χ1) is 4.97. The summed E-state index contributed by atoms with van der Waals surface area (Å²) in [5.41, 5.74) is 1.06. The first-order valence-electron chi connectivity index (χ1n) is 3.26. The van der Waals surface area contributed by atoms with Crippen molar-refractivity contribution in [1.29, 1.82) is 0 Å². The van der Waals surface area contributed by atoms with Crippen molar-refractivity contribution in [3.05, 3.63) is 42.6 Å². The molecule has 11 heavy (non-hydrogen) atoms. The van der Waals surface area contributed by atoms with Gasteiger partial charge in [-0.15, -0.1) is 0 Å². The number of hydrogen-bond acceptors (Lipinski definition) is 1. The molecule has 0 N–H and O–H groups in total. The SMILES string of the molecule is [Sn].c1ccc2ncccc2c1. The summed E-state index contributed by atoms with van der Waals surface area (Å²) in [4.78, 5) is 4.18. The van der Waals surface area contributed by atoms with E-state index in [1.165, 1.54) is 5.39 Å². The zero-order valence-electron chi connectivity index (χ0n) is 5.99. The van der Waals surface area contributed by atoms with E-state index in [-0.39, 0.29) is 23.9 Å². The van der Waals surface area contributed by atoms with Gasteiger partial charge in [0.2, 0.25) is 0 Å². The molecule has 4 radical (unpaired) electrons. The molecule has 2 aromatic rings. The molecule has 0 unspecified atom stereocenters. The van der Waals surface area contributed by atoms with E-state index in [1.807, 2.05) is 30.5 Å². The van der Waals surface area contributed by atoms with Gasteiger partial charge < -0.3 is 0 Å². The number of fused-ring (bicyclic) bond motifs is 1. The first-order valence-corrected chi connectivity index (χ1v) is 3.26. The van der Waals surface area contributed by atoms with Gasteiger partial charge in [0, 0.05) is 35.5 Å². The summed E-state index contributed by atoms with van der Waals surface area (Å²) in [5.74, 6) is 0. The summed E-state index contributed by atoms with van der Waals surface area (Å²) in [7, 11) is 0. The van der Waals surface area contributed by atoms with Crippen molar-refractivity contribution in [3.63, 3.8) is 0 Å². The van der Waals surface area contributed by atoms with Crippen LogP contribution in [-0.4, -0.2) is 28.9 Å². The second-order valence-electron chi connectivity index (χ2n) is 2.20. The molecule has 0 atom stereocenters. The third kappa shape index (κ3) is 1.71. The number of nitrogens with zero attached hydrogens (tertiary/aromatic N) is 1. The van der Waals surface area contributed by atoms with Crippen LogP contribution >= 0.6 is 0 Å². The van der Waals surface area contributed by atoms with E-state index in [2.05, 4.69) is 17.1 Å². The van der Waals surface area contributed by atoms with Gasteiger partial charge in [0.05, 0.1) is 5.52 Å². The fraction of sp³-hybridized carbons (Fsp3) is 0. The predicted molar refractivity (Wildman–Crippen MR) is 47.5 cm³/mol. The van der Waals surface area contributed by atoms with E-state index in [0.717, 1.165) is 5.52 Å². The van der Waals surface area contributed by atoms with Crippen LogP contribution in [0.15, 0.2) is 42.6 Å². The summed E-state index contributed by atoms with van der Waals surface area (Å²) in [5, 5.41) is 1.20. The quantitative estimate of drug-likeness (QED) is 0.648. The molecule has 1 nitrogen and oxygen atoms in total. The van der Waals surface area contributed by atoms with Gasteiger partial charge in [-0.2, -0.15) is 0 Å². The maximum Gasteiger partial charge on any atom is 0.0701 e. The Labute approximate surface area is 82.4 Å². The van der Waals surface area contributed by atoms with E-state index in [1.54, 1.807) is 0 Å². The molecule has 2 rings (SSSR count). The minimum absolute atomic E-state index is 0. The van der Waals surface area contributed by atoms with E-state index >= 15 is 0 Å². The molecule has 0 aliphatic heterocycles. The number of rotatable bonds is 0. The van der Waals surface area contributed by atoms with E-state index in [9.17, 15) is 0 Å². The van der Waals surface area contributed by atoms with Crippen LogP contribution in [0.4, 0.5) is 0 Å². The molecule has 1 aromatic heterocycles. The van der Waals surface area contributed by atoms with Crippen molar-refractivity contribution < 1.29 is 0 Å². The van der Waals surface area contributed by atoms with Crippen LogP contribution in [0.25, 0.3) is 10.9 Å². The Bertz CT molecular complexity index is 281. The molecule has 0 aliphatic carbocycles. The normalized spacial score (nSPS) is 9.09. The van der Waals surface area contributed by atoms with Gasteiger partial charge >= 0.3 is 0 Å². The van der Waals surface area contributed by atoms with Crippen LogP contribution in [-0.2, 0) is 0 Å². The van der Waals surface area contributed by atoms with Crippen molar-refractivity contribution in [1.82, 2.24) is 4.98 Å². The second kappa shape index (κ2) is 3.71. The Morgan fingerprint density at radius 3 is 2.45 bits per heavy atom. The van der Waals surface area contributed by atoms with E-state index in [0.29, 0.717) is 0 Å². The fourth-order valence-electron chi connectivity index (χ4n) is 1.02. The Morgan fingerprint density at radius 2 is 1.64 bits per heavy atom. The number of aromatic nitrogens is 1. The van der Waals surface area contributed by atoms with Crippen LogP contribution < -0.4 is 0 Å². The van der Waals surface area contributed by atoms with Crippen molar-refractivity contribution >= 4 is 34.8 Å². The monoisotopic (exact) mass is 249 g/mol. The molecular formula is C9H7NSn.